The van der Waals surface area contributed by atoms with E-state index < -0.39 is 16.9 Å². The van der Waals surface area contributed by atoms with E-state index in [1.54, 1.807) is 37.3 Å². The molecule has 1 aliphatic heterocycles. The lowest BCUT2D eigenvalue weighted by molar-refractivity contribution is -0.384. The van der Waals surface area contributed by atoms with Crippen molar-refractivity contribution in [3.8, 4) is 11.3 Å². The number of carbonyl (C=O) groups is 1. The first-order chi connectivity index (χ1) is 20.2. The number of nitro groups is 1. The molecule has 0 fully saturated rings. The number of nitrogens with zero attached hydrogens (tertiary/aromatic N) is 3. The van der Waals surface area contributed by atoms with E-state index in [0.717, 1.165) is 11.1 Å². The summed E-state index contributed by atoms with van der Waals surface area (Å²) in [5.41, 5.74) is 2.80. The number of rotatable bonds is 9. The molecule has 5 rings (SSSR count). The first kappa shape index (κ1) is 28.9. The Morgan fingerprint density at radius 1 is 1.17 bits per heavy atom. The lowest BCUT2D eigenvalue weighted by Gasteiger charge is -2.25. The second kappa shape index (κ2) is 12.1. The Morgan fingerprint density at radius 3 is 2.62 bits per heavy atom. The van der Waals surface area contributed by atoms with Crippen molar-refractivity contribution in [1.29, 1.82) is 0 Å². The molecule has 1 unspecified atom stereocenters. The van der Waals surface area contributed by atoms with Gasteiger partial charge in [0.1, 0.15) is 18.1 Å². The van der Waals surface area contributed by atoms with Crippen molar-refractivity contribution in [1.82, 2.24) is 4.57 Å². The Morgan fingerprint density at radius 2 is 1.93 bits per heavy atom. The Kier molecular flexibility index (Phi) is 8.32. The molecular weight excluding hydrogens is 558 g/mol. The zero-order valence-electron chi connectivity index (χ0n) is 23.5. The van der Waals surface area contributed by atoms with E-state index in [1.165, 1.54) is 35.1 Å². The van der Waals surface area contributed by atoms with Crippen molar-refractivity contribution < 1.29 is 23.6 Å². The number of hydrogen-bond acceptors (Lipinski definition) is 9. The molecule has 0 spiro atoms. The number of methoxy groups -OCH3 is 1. The van der Waals surface area contributed by atoms with Crippen molar-refractivity contribution >= 4 is 29.1 Å². The van der Waals surface area contributed by atoms with Gasteiger partial charge in [-0.15, -0.1) is 0 Å². The number of hydrogen-bond donors (Lipinski definition) is 0. The molecule has 0 saturated carbocycles. The van der Waals surface area contributed by atoms with Crippen LogP contribution in [0.15, 0.2) is 86.1 Å². The smallest absolute Gasteiger partial charge is 0.338 e. The van der Waals surface area contributed by atoms with Gasteiger partial charge in [0.15, 0.2) is 4.80 Å². The monoisotopic (exact) mass is 587 g/mol. The number of allylic oxidation sites excluding steroid dienone is 1. The lowest BCUT2D eigenvalue weighted by Crippen LogP contribution is -2.40. The minimum atomic E-state index is -0.739. The highest BCUT2D eigenvalue weighted by Gasteiger charge is 2.33. The standard InChI is InChI=1S/C31H29N3O7S/c1-18(2)20-8-10-21(11-9-20)28-27(30(36)40-15-14-39-4)19(3)32-31-33(28)29(35)26(42-31)17-24-12-13-25(41-24)22-6-5-7-23(16-22)34(37)38/h5-13,16-18,28H,14-15H2,1-4H3. The third-order valence-electron chi connectivity index (χ3n) is 6.92. The number of thiazole rings is 1. The maximum absolute atomic E-state index is 13.9. The van der Waals surface area contributed by atoms with E-state index in [-0.39, 0.29) is 30.0 Å². The number of non-ortho nitro benzene ring substituents is 1. The van der Waals surface area contributed by atoms with Crippen LogP contribution in [0.4, 0.5) is 5.69 Å². The number of furan rings is 1. The normalized spacial score (nSPS) is 15.1. The Hall–Kier alpha value is -4.61. The van der Waals surface area contributed by atoms with E-state index in [0.29, 0.717) is 38.0 Å². The Labute approximate surface area is 245 Å². The summed E-state index contributed by atoms with van der Waals surface area (Å²) in [7, 11) is 1.52. The predicted molar refractivity (Wildman–Crippen MR) is 158 cm³/mol. The number of esters is 1. The molecule has 11 heteroatoms. The number of carbonyl (C=O) groups excluding carboxylic acids is 1. The minimum absolute atomic E-state index is 0.0490. The van der Waals surface area contributed by atoms with Crippen molar-refractivity contribution in [3.63, 3.8) is 0 Å². The van der Waals surface area contributed by atoms with Gasteiger partial charge in [-0.3, -0.25) is 19.5 Å². The summed E-state index contributed by atoms with van der Waals surface area (Å²) in [6.45, 7) is 6.24. The summed E-state index contributed by atoms with van der Waals surface area (Å²) < 4.78 is 18.3. The van der Waals surface area contributed by atoms with Crippen LogP contribution in [0.5, 0.6) is 0 Å². The average Bonchev–Trinajstić information content (AvgIpc) is 3.56. The summed E-state index contributed by atoms with van der Waals surface area (Å²) in [6.07, 6.45) is 1.61. The van der Waals surface area contributed by atoms with E-state index >= 15 is 0 Å². The number of benzene rings is 2. The summed E-state index contributed by atoms with van der Waals surface area (Å²) >= 11 is 1.19. The van der Waals surface area contributed by atoms with Crippen LogP contribution in [0.25, 0.3) is 17.4 Å². The third kappa shape index (κ3) is 5.74. The summed E-state index contributed by atoms with van der Waals surface area (Å²) in [5, 5.41) is 11.2. The molecule has 0 N–H and O–H groups in total. The summed E-state index contributed by atoms with van der Waals surface area (Å²) in [5.74, 6) is 0.581. The highest BCUT2D eigenvalue weighted by Crippen LogP contribution is 2.32. The average molecular weight is 588 g/mol. The van der Waals surface area contributed by atoms with Crippen LogP contribution >= 0.6 is 11.3 Å². The number of fused-ring (bicyclic) bond motifs is 1. The molecule has 4 aromatic rings. The van der Waals surface area contributed by atoms with Gasteiger partial charge in [-0.1, -0.05) is 61.6 Å². The molecule has 0 radical (unpaired) electrons. The molecule has 2 aromatic carbocycles. The van der Waals surface area contributed by atoms with Crippen LogP contribution in [-0.4, -0.2) is 35.8 Å². The fraction of sp³-hybridized carbons (Fsp3) is 0.258. The van der Waals surface area contributed by atoms with Gasteiger partial charge in [0, 0.05) is 30.9 Å². The van der Waals surface area contributed by atoms with Crippen LogP contribution in [0.3, 0.4) is 0 Å². The van der Waals surface area contributed by atoms with Gasteiger partial charge < -0.3 is 13.9 Å². The Bertz CT molecular complexity index is 1860. The van der Waals surface area contributed by atoms with Crippen LogP contribution < -0.4 is 14.9 Å². The summed E-state index contributed by atoms with van der Waals surface area (Å²) in [6, 6.07) is 16.6. The fourth-order valence-corrected chi connectivity index (χ4v) is 5.77. The van der Waals surface area contributed by atoms with Crippen molar-refractivity contribution in [3.05, 3.63) is 119 Å². The molecule has 10 nitrogen and oxygen atoms in total. The first-order valence-electron chi connectivity index (χ1n) is 13.3. The largest absolute Gasteiger partial charge is 0.460 e. The molecule has 216 valence electrons. The quantitative estimate of drug-likeness (QED) is 0.120. The van der Waals surface area contributed by atoms with Gasteiger partial charge in [0.05, 0.1) is 33.4 Å². The molecule has 3 heterocycles. The van der Waals surface area contributed by atoms with Crippen molar-refractivity contribution in [2.75, 3.05) is 20.3 Å². The van der Waals surface area contributed by atoms with Crippen LogP contribution in [-0.2, 0) is 14.3 Å². The molecule has 1 atom stereocenters. The van der Waals surface area contributed by atoms with Gasteiger partial charge in [0.2, 0.25) is 0 Å². The molecule has 42 heavy (non-hydrogen) atoms. The third-order valence-corrected chi connectivity index (χ3v) is 7.91. The number of aromatic nitrogens is 1. The van der Waals surface area contributed by atoms with Gasteiger partial charge in [0.25, 0.3) is 11.2 Å². The lowest BCUT2D eigenvalue weighted by atomic mass is 9.93. The molecule has 1 aliphatic rings. The second-order valence-corrected chi connectivity index (χ2v) is 11.1. The van der Waals surface area contributed by atoms with Gasteiger partial charge in [-0.2, -0.15) is 0 Å². The second-order valence-electron chi connectivity index (χ2n) is 10.0. The Balaban J connectivity index is 1.59. The molecule has 0 saturated heterocycles. The molecular formula is C31H29N3O7S. The molecule has 0 bridgehead atoms. The maximum Gasteiger partial charge on any atom is 0.338 e. The first-order valence-corrected chi connectivity index (χ1v) is 14.1. The van der Waals surface area contributed by atoms with Crippen LogP contribution in [0.1, 0.15) is 49.6 Å². The highest BCUT2D eigenvalue weighted by molar-refractivity contribution is 7.07. The van der Waals surface area contributed by atoms with Gasteiger partial charge >= 0.3 is 5.97 Å². The van der Waals surface area contributed by atoms with Crippen molar-refractivity contribution in [2.45, 2.75) is 32.7 Å². The van der Waals surface area contributed by atoms with Crippen LogP contribution in [0, 0.1) is 10.1 Å². The van der Waals surface area contributed by atoms with Crippen molar-refractivity contribution in [2.24, 2.45) is 4.99 Å². The predicted octanol–water partition coefficient (Wildman–Crippen LogP) is 4.72. The molecule has 2 aromatic heterocycles. The highest BCUT2D eigenvalue weighted by atomic mass is 32.1. The van der Waals surface area contributed by atoms with E-state index in [4.69, 9.17) is 13.9 Å². The number of ether oxygens (including phenoxy) is 2. The molecule has 0 aliphatic carbocycles. The summed E-state index contributed by atoms with van der Waals surface area (Å²) in [4.78, 5) is 42.9. The zero-order chi connectivity index (χ0) is 30.0. The molecule has 0 amide bonds. The topological polar surface area (TPSA) is 126 Å². The van der Waals surface area contributed by atoms with Gasteiger partial charge in [-0.05, 0) is 36.1 Å². The van der Waals surface area contributed by atoms with E-state index in [2.05, 4.69) is 18.8 Å². The minimum Gasteiger partial charge on any atom is -0.460 e. The van der Waals surface area contributed by atoms with Crippen LogP contribution in [0.2, 0.25) is 0 Å². The maximum atomic E-state index is 13.9. The van der Waals surface area contributed by atoms with E-state index in [9.17, 15) is 19.7 Å². The fourth-order valence-electron chi connectivity index (χ4n) is 4.74. The number of nitro benzene ring substituents is 1. The van der Waals surface area contributed by atoms with E-state index in [1.807, 2.05) is 24.3 Å². The zero-order valence-corrected chi connectivity index (χ0v) is 24.3. The van der Waals surface area contributed by atoms with Gasteiger partial charge in [-0.25, -0.2) is 9.79 Å². The SMILES string of the molecule is COCCOC(=O)C1=C(C)N=c2sc(=Cc3ccc(-c4cccc([N+](=O)[O-])c4)o3)c(=O)n2C1c1ccc(C(C)C)cc1.